The number of benzene rings is 2. The molecule has 30 heavy (non-hydrogen) atoms. The van der Waals surface area contributed by atoms with Crippen LogP contribution in [0.1, 0.15) is 34.1 Å². The van der Waals surface area contributed by atoms with Crippen molar-refractivity contribution in [3.8, 4) is 5.75 Å². The standard InChI is InChI=1S/C20H20N4O6/c1-2-30-17-7-4-3-6-16(17)22-20(27)21-10-5-11-23-18(25)14-9-8-13(24(28)29)12-15(14)19(23)26/h3-4,6-9,12H,2,5,10-11H2,1H3,(H2,21,22,27). The van der Waals surface area contributed by atoms with Gasteiger partial charge in [0.15, 0.2) is 0 Å². The molecular formula is C20H20N4O6. The van der Waals surface area contributed by atoms with Crippen LogP contribution in [-0.2, 0) is 0 Å². The Labute approximate surface area is 172 Å². The van der Waals surface area contributed by atoms with Crippen LogP contribution in [0.2, 0.25) is 0 Å². The molecular weight excluding hydrogens is 392 g/mol. The highest BCUT2D eigenvalue weighted by Gasteiger charge is 2.36. The van der Waals surface area contributed by atoms with Gasteiger partial charge in [-0.3, -0.25) is 24.6 Å². The number of hydrogen-bond donors (Lipinski definition) is 2. The number of amides is 4. The number of para-hydroxylation sites is 2. The maximum absolute atomic E-state index is 12.4. The van der Waals surface area contributed by atoms with Crippen molar-refractivity contribution in [1.29, 1.82) is 0 Å². The van der Waals surface area contributed by atoms with Gasteiger partial charge in [0, 0.05) is 25.2 Å². The summed E-state index contributed by atoms with van der Waals surface area (Å²) < 4.78 is 5.44. The van der Waals surface area contributed by atoms with Crippen molar-refractivity contribution in [3.05, 3.63) is 63.7 Å². The molecule has 1 heterocycles. The minimum atomic E-state index is -0.618. The lowest BCUT2D eigenvalue weighted by Crippen LogP contribution is -2.35. The molecule has 0 aromatic heterocycles. The van der Waals surface area contributed by atoms with Crippen LogP contribution in [-0.4, -0.2) is 47.4 Å². The second-order valence-corrected chi connectivity index (χ2v) is 6.41. The van der Waals surface area contributed by atoms with E-state index in [4.69, 9.17) is 4.74 Å². The largest absolute Gasteiger partial charge is 0.492 e. The summed E-state index contributed by atoms with van der Waals surface area (Å²) in [4.78, 5) is 48.2. The first-order valence-corrected chi connectivity index (χ1v) is 9.33. The van der Waals surface area contributed by atoms with Gasteiger partial charge in [-0.25, -0.2) is 4.79 Å². The number of carbonyl (C=O) groups excluding carboxylic acids is 3. The molecule has 2 aromatic carbocycles. The summed E-state index contributed by atoms with van der Waals surface area (Å²) in [5, 5.41) is 16.2. The summed E-state index contributed by atoms with van der Waals surface area (Å²) in [7, 11) is 0. The first kappa shape index (κ1) is 20.8. The Morgan fingerprint density at radius 1 is 1.13 bits per heavy atom. The Hall–Kier alpha value is -3.95. The average Bonchev–Trinajstić information content (AvgIpc) is 2.97. The monoisotopic (exact) mass is 412 g/mol. The molecule has 2 N–H and O–H groups in total. The number of imide groups is 1. The number of nitrogens with zero attached hydrogens (tertiary/aromatic N) is 2. The van der Waals surface area contributed by atoms with Gasteiger partial charge >= 0.3 is 6.03 Å². The number of non-ortho nitro benzene ring substituents is 1. The lowest BCUT2D eigenvalue weighted by atomic mass is 10.1. The van der Waals surface area contributed by atoms with E-state index in [0.717, 1.165) is 11.0 Å². The minimum absolute atomic E-state index is 0.0208. The van der Waals surface area contributed by atoms with Gasteiger partial charge in [0.25, 0.3) is 17.5 Å². The molecule has 10 heteroatoms. The van der Waals surface area contributed by atoms with Crippen LogP contribution in [0.15, 0.2) is 42.5 Å². The number of hydrogen-bond acceptors (Lipinski definition) is 6. The number of nitrogens with one attached hydrogen (secondary N) is 2. The zero-order valence-electron chi connectivity index (χ0n) is 16.2. The molecule has 4 amide bonds. The highest BCUT2D eigenvalue weighted by atomic mass is 16.6. The Kier molecular flexibility index (Phi) is 6.26. The van der Waals surface area contributed by atoms with Crippen LogP contribution in [0, 0.1) is 10.1 Å². The van der Waals surface area contributed by atoms with Crippen LogP contribution in [0.4, 0.5) is 16.2 Å². The molecule has 0 bridgehead atoms. The van der Waals surface area contributed by atoms with Crippen molar-refractivity contribution in [2.45, 2.75) is 13.3 Å². The number of nitro groups is 1. The molecule has 10 nitrogen and oxygen atoms in total. The number of fused-ring (bicyclic) bond motifs is 1. The van der Waals surface area contributed by atoms with Gasteiger partial charge in [-0.15, -0.1) is 0 Å². The highest BCUT2D eigenvalue weighted by molar-refractivity contribution is 6.21. The van der Waals surface area contributed by atoms with E-state index < -0.39 is 22.8 Å². The quantitative estimate of drug-likeness (QED) is 0.297. The van der Waals surface area contributed by atoms with Crippen molar-refractivity contribution >= 4 is 29.2 Å². The highest BCUT2D eigenvalue weighted by Crippen LogP contribution is 2.27. The van der Waals surface area contributed by atoms with E-state index in [1.54, 1.807) is 24.3 Å². The van der Waals surface area contributed by atoms with Gasteiger partial charge in [0.05, 0.1) is 28.3 Å². The van der Waals surface area contributed by atoms with Gasteiger partial charge in [0.1, 0.15) is 5.75 Å². The van der Waals surface area contributed by atoms with Gasteiger partial charge in [-0.05, 0) is 31.5 Å². The fraction of sp³-hybridized carbons (Fsp3) is 0.250. The molecule has 156 valence electrons. The van der Waals surface area contributed by atoms with E-state index >= 15 is 0 Å². The third-order valence-corrected chi connectivity index (χ3v) is 4.44. The fourth-order valence-electron chi connectivity index (χ4n) is 3.05. The minimum Gasteiger partial charge on any atom is -0.492 e. The van der Waals surface area contributed by atoms with Crippen LogP contribution in [0.3, 0.4) is 0 Å². The van der Waals surface area contributed by atoms with Gasteiger partial charge in [-0.2, -0.15) is 0 Å². The predicted molar refractivity (Wildman–Crippen MR) is 108 cm³/mol. The molecule has 0 atom stereocenters. The Balaban J connectivity index is 1.51. The van der Waals surface area contributed by atoms with Crippen LogP contribution in [0.5, 0.6) is 5.75 Å². The number of urea groups is 1. The van der Waals surface area contributed by atoms with Crippen LogP contribution in [0.25, 0.3) is 0 Å². The Bertz CT molecular complexity index is 1010. The zero-order valence-corrected chi connectivity index (χ0v) is 16.2. The maximum Gasteiger partial charge on any atom is 0.319 e. The topological polar surface area (TPSA) is 131 Å². The summed E-state index contributed by atoms with van der Waals surface area (Å²) >= 11 is 0. The van der Waals surface area contributed by atoms with Crippen molar-refractivity contribution < 1.29 is 24.0 Å². The van der Waals surface area contributed by atoms with E-state index in [9.17, 15) is 24.5 Å². The number of anilines is 1. The lowest BCUT2D eigenvalue weighted by molar-refractivity contribution is -0.384. The SMILES string of the molecule is CCOc1ccccc1NC(=O)NCCCN1C(=O)c2ccc([N+](=O)[O-])cc2C1=O. The predicted octanol–water partition coefficient (Wildman–Crippen LogP) is 2.80. The van der Waals surface area contributed by atoms with Crippen molar-refractivity contribution in [1.82, 2.24) is 10.2 Å². The Morgan fingerprint density at radius 3 is 2.60 bits per heavy atom. The van der Waals surface area contributed by atoms with Crippen molar-refractivity contribution in [2.24, 2.45) is 0 Å². The Morgan fingerprint density at radius 2 is 1.87 bits per heavy atom. The third-order valence-electron chi connectivity index (χ3n) is 4.44. The third kappa shape index (κ3) is 4.37. The van der Waals surface area contributed by atoms with E-state index in [0.29, 0.717) is 24.5 Å². The molecule has 0 aliphatic carbocycles. The molecule has 0 saturated carbocycles. The van der Waals surface area contributed by atoms with Crippen molar-refractivity contribution in [3.63, 3.8) is 0 Å². The summed E-state index contributed by atoms with van der Waals surface area (Å²) in [5.41, 5.74) is 0.442. The summed E-state index contributed by atoms with van der Waals surface area (Å²) in [6.07, 6.45) is 0.327. The molecule has 1 aliphatic heterocycles. The molecule has 0 unspecified atom stereocenters. The molecule has 3 rings (SSSR count). The summed E-state index contributed by atoms with van der Waals surface area (Å²) in [6, 6.07) is 10.2. The normalized spacial score (nSPS) is 12.5. The maximum atomic E-state index is 12.4. The molecule has 0 saturated heterocycles. The second kappa shape index (κ2) is 9.03. The molecule has 0 spiro atoms. The van der Waals surface area contributed by atoms with E-state index in [-0.39, 0.29) is 29.9 Å². The zero-order chi connectivity index (χ0) is 21.7. The van der Waals surface area contributed by atoms with E-state index in [1.165, 1.54) is 12.1 Å². The second-order valence-electron chi connectivity index (χ2n) is 6.41. The fourth-order valence-corrected chi connectivity index (χ4v) is 3.05. The number of rotatable bonds is 8. The summed E-state index contributed by atoms with van der Waals surface area (Å²) in [6.45, 7) is 2.60. The molecule has 0 fully saturated rings. The van der Waals surface area contributed by atoms with Gasteiger partial charge in [-0.1, -0.05) is 12.1 Å². The first-order valence-electron chi connectivity index (χ1n) is 9.33. The molecule has 2 aromatic rings. The average molecular weight is 412 g/mol. The number of ether oxygens (including phenoxy) is 1. The first-order chi connectivity index (χ1) is 14.4. The van der Waals surface area contributed by atoms with E-state index in [2.05, 4.69) is 10.6 Å². The van der Waals surface area contributed by atoms with Crippen LogP contribution >= 0.6 is 0 Å². The van der Waals surface area contributed by atoms with Gasteiger partial charge in [0.2, 0.25) is 0 Å². The smallest absolute Gasteiger partial charge is 0.319 e. The van der Waals surface area contributed by atoms with Crippen LogP contribution < -0.4 is 15.4 Å². The lowest BCUT2D eigenvalue weighted by Gasteiger charge is -2.14. The van der Waals surface area contributed by atoms with Gasteiger partial charge < -0.3 is 15.4 Å². The number of carbonyl (C=O) groups is 3. The summed E-state index contributed by atoms with van der Waals surface area (Å²) in [5.74, 6) is -0.524. The van der Waals surface area contributed by atoms with E-state index in [1.807, 2.05) is 6.92 Å². The van der Waals surface area contributed by atoms with Crippen molar-refractivity contribution in [2.75, 3.05) is 25.0 Å². The number of nitro benzene ring substituents is 1. The molecule has 1 aliphatic rings. The molecule has 0 radical (unpaired) electrons.